The summed E-state index contributed by atoms with van der Waals surface area (Å²) in [5, 5.41) is 9.47. The molecule has 1 aromatic rings. The van der Waals surface area contributed by atoms with Crippen molar-refractivity contribution in [1.29, 1.82) is 5.26 Å². The SMILES string of the molecule is CC1(C(=O)N2CCN(C(=O)c3ccc(C4CCC5CCC(C#N)C5C4)cc3)CC2)COC1. The lowest BCUT2D eigenvalue weighted by atomic mass is 9.71. The topological polar surface area (TPSA) is 73.6 Å². The Labute approximate surface area is 190 Å². The van der Waals surface area contributed by atoms with Crippen LogP contribution in [0.4, 0.5) is 0 Å². The van der Waals surface area contributed by atoms with Crippen molar-refractivity contribution in [1.82, 2.24) is 9.80 Å². The molecule has 1 aromatic carbocycles. The number of nitrogens with zero attached hydrogens (tertiary/aromatic N) is 3. The van der Waals surface area contributed by atoms with Crippen molar-refractivity contribution in [2.45, 2.75) is 44.9 Å². The monoisotopic (exact) mass is 435 g/mol. The zero-order valence-corrected chi connectivity index (χ0v) is 19.0. The number of carbonyl (C=O) groups is 2. The van der Waals surface area contributed by atoms with E-state index in [1.54, 1.807) is 0 Å². The van der Waals surface area contributed by atoms with E-state index in [0.717, 1.165) is 24.3 Å². The van der Waals surface area contributed by atoms with E-state index in [4.69, 9.17) is 4.74 Å². The van der Waals surface area contributed by atoms with Crippen molar-refractivity contribution in [3.05, 3.63) is 35.4 Å². The highest BCUT2D eigenvalue weighted by atomic mass is 16.5. The van der Waals surface area contributed by atoms with E-state index in [1.807, 2.05) is 28.9 Å². The minimum atomic E-state index is -0.382. The molecule has 2 aliphatic heterocycles. The highest BCUT2D eigenvalue weighted by molar-refractivity contribution is 5.94. The van der Waals surface area contributed by atoms with Crippen molar-refractivity contribution >= 4 is 11.8 Å². The number of nitriles is 1. The van der Waals surface area contributed by atoms with Gasteiger partial charge in [-0.05, 0) is 74.5 Å². The zero-order valence-electron chi connectivity index (χ0n) is 19.0. The standard InChI is InChI=1S/C26H33N3O3/c1-26(16-32-17-26)25(31)29-12-10-28(11-13-29)24(30)20-6-2-18(3-7-20)21-8-4-19-5-9-22(15-27)23(19)14-21/h2-3,6-7,19,21-23H,4-5,8-14,16-17H2,1H3. The van der Waals surface area contributed by atoms with E-state index in [2.05, 4.69) is 18.2 Å². The van der Waals surface area contributed by atoms with Gasteiger partial charge < -0.3 is 14.5 Å². The Morgan fingerprint density at radius 2 is 1.66 bits per heavy atom. The summed E-state index contributed by atoms with van der Waals surface area (Å²) < 4.78 is 5.23. The minimum Gasteiger partial charge on any atom is -0.379 e. The predicted molar refractivity (Wildman–Crippen MR) is 120 cm³/mol. The van der Waals surface area contributed by atoms with Crippen LogP contribution in [-0.4, -0.2) is 61.0 Å². The minimum absolute atomic E-state index is 0.0471. The Morgan fingerprint density at radius 1 is 1.00 bits per heavy atom. The molecule has 32 heavy (non-hydrogen) atoms. The number of benzene rings is 1. The largest absolute Gasteiger partial charge is 0.379 e. The van der Waals surface area contributed by atoms with Gasteiger partial charge in [0.15, 0.2) is 0 Å². The lowest BCUT2D eigenvalue weighted by Crippen LogP contribution is -2.58. The maximum Gasteiger partial charge on any atom is 0.253 e. The molecule has 4 aliphatic rings. The Bertz CT molecular complexity index is 909. The molecule has 170 valence electrons. The molecule has 0 bridgehead atoms. The molecule has 5 rings (SSSR count). The number of hydrogen-bond acceptors (Lipinski definition) is 4. The van der Waals surface area contributed by atoms with Crippen molar-refractivity contribution in [2.24, 2.45) is 23.2 Å². The van der Waals surface area contributed by atoms with Gasteiger partial charge in [0.2, 0.25) is 5.91 Å². The van der Waals surface area contributed by atoms with Crippen molar-refractivity contribution in [3.63, 3.8) is 0 Å². The fourth-order valence-electron chi connectivity index (χ4n) is 6.30. The molecule has 2 saturated heterocycles. The van der Waals surface area contributed by atoms with Crippen molar-refractivity contribution in [3.8, 4) is 6.07 Å². The third-order valence-electron chi connectivity index (χ3n) is 8.42. The van der Waals surface area contributed by atoms with Gasteiger partial charge in [0.25, 0.3) is 5.91 Å². The molecule has 2 saturated carbocycles. The number of carbonyl (C=O) groups excluding carboxylic acids is 2. The molecule has 2 aliphatic carbocycles. The van der Waals surface area contributed by atoms with Gasteiger partial charge in [0.1, 0.15) is 0 Å². The molecule has 2 heterocycles. The highest BCUT2D eigenvalue weighted by Crippen LogP contribution is 2.50. The van der Waals surface area contributed by atoms with Crippen LogP contribution in [0, 0.1) is 34.5 Å². The van der Waals surface area contributed by atoms with E-state index in [1.165, 1.54) is 24.8 Å². The molecule has 6 heteroatoms. The van der Waals surface area contributed by atoms with Crippen LogP contribution in [0.3, 0.4) is 0 Å². The van der Waals surface area contributed by atoms with Crippen LogP contribution in [0.1, 0.15) is 60.9 Å². The summed E-state index contributed by atoms with van der Waals surface area (Å²) in [5.41, 5.74) is 1.64. The number of hydrogen-bond donors (Lipinski definition) is 0. The molecular weight excluding hydrogens is 402 g/mol. The fourth-order valence-corrected chi connectivity index (χ4v) is 6.30. The summed E-state index contributed by atoms with van der Waals surface area (Å²) in [6, 6.07) is 10.7. The summed E-state index contributed by atoms with van der Waals surface area (Å²) in [5.74, 6) is 2.21. The van der Waals surface area contributed by atoms with Gasteiger partial charge in [0, 0.05) is 37.7 Å². The number of ether oxygens (including phenoxy) is 1. The molecule has 0 aromatic heterocycles. The Morgan fingerprint density at radius 3 is 2.28 bits per heavy atom. The smallest absolute Gasteiger partial charge is 0.253 e. The summed E-state index contributed by atoms with van der Waals surface area (Å²) in [7, 11) is 0. The van der Waals surface area contributed by atoms with Crippen LogP contribution in [-0.2, 0) is 9.53 Å². The van der Waals surface area contributed by atoms with Crippen LogP contribution in [0.15, 0.2) is 24.3 Å². The van der Waals surface area contributed by atoms with E-state index in [9.17, 15) is 14.9 Å². The molecule has 0 radical (unpaired) electrons. The quantitative estimate of drug-likeness (QED) is 0.729. The van der Waals surface area contributed by atoms with E-state index >= 15 is 0 Å². The van der Waals surface area contributed by atoms with Gasteiger partial charge >= 0.3 is 0 Å². The molecular formula is C26H33N3O3. The van der Waals surface area contributed by atoms with E-state index in [-0.39, 0.29) is 23.1 Å². The van der Waals surface area contributed by atoms with Gasteiger partial charge in [-0.1, -0.05) is 12.1 Å². The second-order valence-corrected chi connectivity index (χ2v) is 10.5. The summed E-state index contributed by atoms with van der Waals surface area (Å²) in [6.07, 6.45) is 5.80. The average Bonchev–Trinajstić information content (AvgIpc) is 3.24. The first-order chi connectivity index (χ1) is 15.5. The molecule has 6 nitrogen and oxygen atoms in total. The van der Waals surface area contributed by atoms with Crippen molar-refractivity contribution in [2.75, 3.05) is 39.4 Å². The second-order valence-electron chi connectivity index (χ2n) is 10.5. The zero-order chi connectivity index (χ0) is 22.3. The normalized spacial score (nSPS) is 31.4. The summed E-state index contributed by atoms with van der Waals surface area (Å²) >= 11 is 0. The highest BCUT2D eigenvalue weighted by Gasteiger charge is 2.44. The Kier molecular flexibility index (Phi) is 5.71. The third-order valence-corrected chi connectivity index (χ3v) is 8.42. The number of amides is 2. The summed E-state index contributed by atoms with van der Waals surface area (Å²) in [4.78, 5) is 29.4. The predicted octanol–water partition coefficient (Wildman–Crippen LogP) is 3.44. The lowest BCUT2D eigenvalue weighted by molar-refractivity contribution is -0.170. The Hall–Kier alpha value is -2.39. The van der Waals surface area contributed by atoms with Gasteiger partial charge in [0.05, 0.1) is 24.7 Å². The van der Waals surface area contributed by atoms with Crippen LogP contribution < -0.4 is 0 Å². The first-order valence-corrected chi connectivity index (χ1v) is 12.1. The average molecular weight is 436 g/mol. The molecule has 4 fully saturated rings. The molecule has 4 unspecified atom stereocenters. The second kappa shape index (κ2) is 8.51. The number of rotatable bonds is 3. The van der Waals surface area contributed by atoms with Crippen LogP contribution in [0.5, 0.6) is 0 Å². The van der Waals surface area contributed by atoms with Crippen LogP contribution in [0.2, 0.25) is 0 Å². The third kappa shape index (κ3) is 3.81. The van der Waals surface area contributed by atoms with Crippen molar-refractivity contribution < 1.29 is 14.3 Å². The Balaban J connectivity index is 1.17. The van der Waals surface area contributed by atoms with E-state index < -0.39 is 0 Å². The van der Waals surface area contributed by atoms with Crippen LogP contribution >= 0.6 is 0 Å². The molecule has 0 N–H and O–H groups in total. The molecule has 4 atom stereocenters. The van der Waals surface area contributed by atoms with Gasteiger partial charge in [-0.2, -0.15) is 5.26 Å². The maximum absolute atomic E-state index is 13.0. The molecule has 0 spiro atoms. The number of fused-ring (bicyclic) bond motifs is 1. The van der Waals surface area contributed by atoms with Gasteiger partial charge in [-0.3, -0.25) is 9.59 Å². The van der Waals surface area contributed by atoms with Gasteiger partial charge in [-0.15, -0.1) is 0 Å². The molecule has 2 amide bonds. The number of piperazine rings is 1. The van der Waals surface area contributed by atoms with E-state index in [0.29, 0.717) is 51.2 Å². The van der Waals surface area contributed by atoms with Crippen LogP contribution in [0.25, 0.3) is 0 Å². The first kappa shape index (κ1) is 21.5. The fraction of sp³-hybridized carbons (Fsp3) is 0.654. The maximum atomic E-state index is 13.0. The lowest BCUT2D eigenvalue weighted by Gasteiger charge is -2.43. The van der Waals surface area contributed by atoms with Gasteiger partial charge in [-0.25, -0.2) is 0 Å². The first-order valence-electron chi connectivity index (χ1n) is 12.1. The summed E-state index contributed by atoms with van der Waals surface area (Å²) in [6.45, 7) is 5.27.